The van der Waals surface area contributed by atoms with E-state index in [1.165, 1.54) is 6.07 Å². The van der Waals surface area contributed by atoms with Crippen molar-refractivity contribution in [2.75, 3.05) is 0 Å². The van der Waals surface area contributed by atoms with Gasteiger partial charge in [0.1, 0.15) is 5.82 Å². The molecule has 1 heterocycles. The largest absolute Gasteiger partial charge is 0.206 e. The first-order valence-electron chi connectivity index (χ1n) is 4.09. The highest BCUT2D eigenvalue weighted by molar-refractivity contribution is 7.19. The molecular formula is C10H8ClFS. The first-order chi connectivity index (χ1) is 6.24. The van der Waals surface area contributed by atoms with Gasteiger partial charge in [-0.25, -0.2) is 4.39 Å². The van der Waals surface area contributed by atoms with Gasteiger partial charge in [-0.05, 0) is 18.6 Å². The van der Waals surface area contributed by atoms with Crippen LogP contribution in [-0.2, 0) is 6.42 Å². The quantitative estimate of drug-likeness (QED) is 0.666. The minimum atomic E-state index is -0.224. The molecule has 0 atom stereocenters. The van der Waals surface area contributed by atoms with E-state index in [1.54, 1.807) is 17.4 Å². The normalized spacial score (nSPS) is 11.0. The predicted molar refractivity (Wildman–Crippen MR) is 56.2 cm³/mol. The van der Waals surface area contributed by atoms with Crippen LogP contribution < -0.4 is 0 Å². The van der Waals surface area contributed by atoms with Crippen molar-refractivity contribution in [2.45, 2.75) is 13.3 Å². The molecule has 68 valence electrons. The van der Waals surface area contributed by atoms with Gasteiger partial charge in [-0.1, -0.05) is 24.6 Å². The van der Waals surface area contributed by atoms with Crippen LogP contribution in [0.1, 0.15) is 11.8 Å². The van der Waals surface area contributed by atoms with Gasteiger partial charge < -0.3 is 0 Å². The first kappa shape index (κ1) is 8.97. The number of thiophene rings is 1. The van der Waals surface area contributed by atoms with Crippen LogP contribution in [0.2, 0.25) is 5.02 Å². The van der Waals surface area contributed by atoms with Gasteiger partial charge in [-0.15, -0.1) is 11.3 Å². The highest BCUT2D eigenvalue weighted by Crippen LogP contribution is 2.36. The molecule has 3 heteroatoms. The summed E-state index contributed by atoms with van der Waals surface area (Å²) in [5.74, 6) is -0.224. The Bertz CT molecular complexity index is 447. The summed E-state index contributed by atoms with van der Waals surface area (Å²) in [6.07, 6.45) is 0.859. The Morgan fingerprint density at radius 2 is 2.23 bits per heavy atom. The average molecular weight is 215 g/mol. The van der Waals surface area contributed by atoms with E-state index in [4.69, 9.17) is 11.6 Å². The zero-order valence-corrected chi connectivity index (χ0v) is 8.68. The highest BCUT2D eigenvalue weighted by Gasteiger charge is 2.11. The smallest absolute Gasteiger partial charge is 0.133 e. The van der Waals surface area contributed by atoms with Crippen LogP contribution >= 0.6 is 22.9 Å². The number of aryl methyl sites for hydroxylation is 1. The van der Waals surface area contributed by atoms with Crippen molar-refractivity contribution in [1.82, 2.24) is 0 Å². The predicted octanol–water partition coefficient (Wildman–Crippen LogP) is 4.26. The van der Waals surface area contributed by atoms with Gasteiger partial charge in [0.15, 0.2) is 0 Å². The summed E-state index contributed by atoms with van der Waals surface area (Å²) in [5.41, 5.74) is 0. The van der Waals surface area contributed by atoms with E-state index in [0.29, 0.717) is 10.4 Å². The van der Waals surface area contributed by atoms with Crippen LogP contribution in [0.3, 0.4) is 0 Å². The summed E-state index contributed by atoms with van der Waals surface area (Å²) in [6, 6.07) is 5.05. The average Bonchev–Trinajstić information content (AvgIpc) is 2.44. The Labute approximate surface area is 85.0 Å². The van der Waals surface area contributed by atoms with Crippen LogP contribution in [0.4, 0.5) is 4.39 Å². The lowest BCUT2D eigenvalue weighted by molar-refractivity contribution is 0.640. The molecule has 0 amide bonds. The SMILES string of the molecule is CCc1sc2cccc(F)c2c1Cl. The van der Waals surface area contributed by atoms with Gasteiger partial charge in [0.25, 0.3) is 0 Å². The third kappa shape index (κ3) is 1.34. The van der Waals surface area contributed by atoms with Gasteiger partial charge in [0.05, 0.1) is 5.02 Å². The second-order valence-corrected chi connectivity index (χ2v) is 4.32. The van der Waals surface area contributed by atoms with Gasteiger partial charge in [0.2, 0.25) is 0 Å². The summed E-state index contributed by atoms with van der Waals surface area (Å²) in [7, 11) is 0. The molecular weight excluding hydrogens is 207 g/mol. The van der Waals surface area contributed by atoms with Gasteiger partial charge in [-0.3, -0.25) is 0 Å². The molecule has 0 bridgehead atoms. The molecule has 0 aliphatic rings. The Morgan fingerprint density at radius 3 is 2.85 bits per heavy atom. The van der Waals surface area contributed by atoms with E-state index in [2.05, 4.69) is 0 Å². The molecule has 0 saturated heterocycles. The molecule has 1 aromatic carbocycles. The maximum Gasteiger partial charge on any atom is 0.133 e. The molecule has 0 fully saturated rings. The molecule has 0 spiro atoms. The van der Waals surface area contributed by atoms with Gasteiger partial charge in [0, 0.05) is 15.0 Å². The Hall–Kier alpha value is -0.600. The van der Waals surface area contributed by atoms with Crippen LogP contribution in [0.5, 0.6) is 0 Å². The van der Waals surface area contributed by atoms with E-state index < -0.39 is 0 Å². The summed E-state index contributed by atoms with van der Waals surface area (Å²) >= 11 is 7.60. The highest BCUT2D eigenvalue weighted by atomic mass is 35.5. The molecule has 0 aliphatic carbocycles. The standard InChI is InChI=1S/C10H8ClFS/c1-2-7-10(11)9-6(12)4-3-5-8(9)13-7/h3-5H,2H2,1H3. The second-order valence-electron chi connectivity index (χ2n) is 2.81. The lowest BCUT2D eigenvalue weighted by Gasteiger charge is -1.92. The molecule has 2 aromatic rings. The molecule has 0 nitrogen and oxygen atoms in total. The Balaban J connectivity index is 2.85. The molecule has 13 heavy (non-hydrogen) atoms. The maximum absolute atomic E-state index is 13.3. The number of fused-ring (bicyclic) bond motifs is 1. The van der Waals surface area contributed by atoms with E-state index in [0.717, 1.165) is 16.0 Å². The molecule has 1 aromatic heterocycles. The number of hydrogen-bond donors (Lipinski definition) is 0. The molecule has 0 radical (unpaired) electrons. The number of benzene rings is 1. The van der Waals surface area contributed by atoms with Crippen molar-refractivity contribution in [1.29, 1.82) is 0 Å². The second kappa shape index (κ2) is 3.28. The molecule has 0 aliphatic heterocycles. The third-order valence-electron chi connectivity index (χ3n) is 1.99. The molecule has 0 saturated carbocycles. The fourth-order valence-corrected chi connectivity index (χ4v) is 2.89. The molecule has 2 rings (SSSR count). The number of rotatable bonds is 1. The minimum absolute atomic E-state index is 0.224. The Kier molecular flexibility index (Phi) is 2.26. The minimum Gasteiger partial charge on any atom is -0.206 e. The van der Waals surface area contributed by atoms with Crippen molar-refractivity contribution in [2.24, 2.45) is 0 Å². The monoisotopic (exact) mass is 214 g/mol. The number of hydrogen-bond acceptors (Lipinski definition) is 1. The summed E-state index contributed by atoms with van der Waals surface area (Å²) in [4.78, 5) is 1.06. The van der Waals surface area contributed by atoms with Crippen LogP contribution in [0.25, 0.3) is 10.1 Å². The van der Waals surface area contributed by atoms with Crippen molar-refractivity contribution >= 4 is 33.0 Å². The fraction of sp³-hybridized carbons (Fsp3) is 0.200. The van der Waals surface area contributed by atoms with E-state index in [9.17, 15) is 4.39 Å². The lowest BCUT2D eigenvalue weighted by Crippen LogP contribution is -1.75. The third-order valence-corrected chi connectivity index (χ3v) is 3.82. The lowest BCUT2D eigenvalue weighted by atomic mass is 10.2. The van der Waals surface area contributed by atoms with Crippen molar-refractivity contribution < 1.29 is 4.39 Å². The van der Waals surface area contributed by atoms with Crippen molar-refractivity contribution in [3.05, 3.63) is 33.9 Å². The summed E-state index contributed by atoms with van der Waals surface area (Å²) in [6.45, 7) is 2.02. The van der Waals surface area contributed by atoms with Crippen LogP contribution in [-0.4, -0.2) is 0 Å². The van der Waals surface area contributed by atoms with E-state index in [1.807, 2.05) is 13.0 Å². The molecule has 0 unspecified atom stereocenters. The summed E-state index contributed by atoms with van der Waals surface area (Å²) in [5, 5.41) is 1.16. The van der Waals surface area contributed by atoms with Gasteiger partial charge in [-0.2, -0.15) is 0 Å². The topological polar surface area (TPSA) is 0 Å². The summed E-state index contributed by atoms with van der Waals surface area (Å²) < 4.78 is 14.3. The van der Waals surface area contributed by atoms with Gasteiger partial charge >= 0.3 is 0 Å². The number of halogens is 2. The maximum atomic E-state index is 13.3. The van der Waals surface area contributed by atoms with Crippen LogP contribution in [0, 0.1) is 5.82 Å². The van der Waals surface area contributed by atoms with Crippen molar-refractivity contribution in [3.63, 3.8) is 0 Å². The zero-order chi connectivity index (χ0) is 9.42. The van der Waals surface area contributed by atoms with E-state index in [-0.39, 0.29) is 5.82 Å². The van der Waals surface area contributed by atoms with Crippen LogP contribution in [0.15, 0.2) is 18.2 Å². The Morgan fingerprint density at radius 1 is 1.46 bits per heavy atom. The molecule has 0 N–H and O–H groups in total. The first-order valence-corrected chi connectivity index (χ1v) is 5.29. The van der Waals surface area contributed by atoms with Crippen molar-refractivity contribution in [3.8, 4) is 0 Å². The fourth-order valence-electron chi connectivity index (χ4n) is 1.35. The zero-order valence-electron chi connectivity index (χ0n) is 7.10. The van der Waals surface area contributed by atoms with E-state index >= 15 is 0 Å².